The highest BCUT2D eigenvalue weighted by molar-refractivity contribution is 5.47. The maximum Gasteiger partial charge on any atom is 0.119 e. The quantitative estimate of drug-likeness (QED) is 0.0878. The Morgan fingerprint density at radius 2 is 0.933 bits per heavy atom. The van der Waals surface area contributed by atoms with E-state index in [1.165, 1.54) is 44.5 Å². The average Bonchev–Trinajstić information content (AvgIpc) is 4.17. The van der Waals surface area contributed by atoms with Crippen molar-refractivity contribution in [2.24, 2.45) is 0 Å². The second kappa shape index (κ2) is 17.4. The summed E-state index contributed by atoms with van der Waals surface area (Å²) in [6.07, 6.45) is 7.76. The molecule has 0 saturated carbocycles. The van der Waals surface area contributed by atoms with E-state index in [1.807, 2.05) is 0 Å². The molecule has 3 aliphatic rings. The van der Waals surface area contributed by atoms with Crippen LogP contribution in [0.5, 0.6) is 11.5 Å². The van der Waals surface area contributed by atoms with Gasteiger partial charge in [-0.3, -0.25) is 0 Å². The first kappa shape index (κ1) is 40.2. The molecule has 0 aromatic heterocycles. The predicted molar refractivity (Wildman–Crippen MR) is 239 cm³/mol. The van der Waals surface area contributed by atoms with E-state index in [1.54, 1.807) is 0 Å². The number of rotatable bonds is 14. The van der Waals surface area contributed by atoms with Gasteiger partial charge in [0.1, 0.15) is 36.9 Å². The van der Waals surface area contributed by atoms with Gasteiger partial charge >= 0.3 is 0 Å². The van der Waals surface area contributed by atoms with Crippen molar-refractivity contribution in [3.05, 3.63) is 202 Å². The van der Waals surface area contributed by atoms with Crippen LogP contribution in [0.2, 0.25) is 0 Å². The summed E-state index contributed by atoms with van der Waals surface area (Å²) in [7, 11) is 0. The van der Waals surface area contributed by atoms with E-state index in [2.05, 4.69) is 166 Å². The number of hydrogen-bond donors (Lipinski definition) is 1. The van der Waals surface area contributed by atoms with Crippen LogP contribution < -0.4 is 9.47 Å². The number of aliphatic hydroxyl groups excluding tert-OH is 1. The van der Waals surface area contributed by atoms with Gasteiger partial charge in [0, 0.05) is 10.8 Å². The van der Waals surface area contributed by atoms with Crippen molar-refractivity contribution < 1.29 is 24.1 Å². The Kier molecular flexibility index (Phi) is 11.7. The first-order valence-corrected chi connectivity index (χ1v) is 22.0. The lowest BCUT2D eigenvalue weighted by molar-refractivity contribution is -0.0717. The molecule has 6 aromatic rings. The molecule has 0 bridgehead atoms. The Hall–Kier alpha value is -5.20. The number of aliphatic hydroxyl groups is 1. The Morgan fingerprint density at radius 1 is 0.533 bits per heavy atom. The lowest BCUT2D eigenvalue weighted by Gasteiger charge is -2.35. The fourth-order valence-corrected chi connectivity index (χ4v) is 9.89. The van der Waals surface area contributed by atoms with Crippen molar-refractivity contribution in [1.29, 1.82) is 0 Å². The van der Waals surface area contributed by atoms with Crippen LogP contribution in [0.3, 0.4) is 0 Å². The molecule has 5 heteroatoms. The van der Waals surface area contributed by atoms with Gasteiger partial charge < -0.3 is 24.1 Å². The first-order valence-electron chi connectivity index (χ1n) is 22.0. The topological polar surface area (TPSA) is 60.5 Å². The molecule has 1 aliphatic heterocycles. The van der Waals surface area contributed by atoms with Gasteiger partial charge in [0.15, 0.2) is 0 Å². The van der Waals surface area contributed by atoms with Crippen LogP contribution >= 0.6 is 0 Å². The minimum absolute atomic E-state index is 0.0791. The molecular formula is C55H58O5. The summed E-state index contributed by atoms with van der Waals surface area (Å²) < 4.78 is 23.9. The minimum atomic E-state index is -0.779. The van der Waals surface area contributed by atoms with Crippen molar-refractivity contribution in [2.75, 3.05) is 26.4 Å². The molecule has 0 radical (unpaired) electrons. The summed E-state index contributed by atoms with van der Waals surface area (Å²) in [5, 5.41) is 11.1. The SMILES string of the molecule is CC(C)(OCC(O)COc1ccc(C2(c3ccccc3)CCc3ccccc3CC2)cc1)c1ccc(C2(c3ccc(OCC4CO4)cc3)CCc3ccccc3CC2)cc1. The number of aryl methyl sites for hydroxylation is 4. The van der Waals surface area contributed by atoms with Gasteiger partial charge in [-0.1, -0.05) is 127 Å². The van der Waals surface area contributed by atoms with Crippen molar-refractivity contribution in [3.63, 3.8) is 0 Å². The van der Waals surface area contributed by atoms with Crippen molar-refractivity contribution >= 4 is 0 Å². The van der Waals surface area contributed by atoms with E-state index in [4.69, 9.17) is 18.9 Å². The van der Waals surface area contributed by atoms with Crippen LogP contribution in [0.25, 0.3) is 0 Å². The average molecular weight is 799 g/mol. The monoisotopic (exact) mass is 798 g/mol. The molecule has 1 heterocycles. The summed E-state index contributed by atoms with van der Waals surface area (Å²) in [6.45, 7) is 5.85. The standard InChI is InChI=1S/C55H58O5/c1-53(2,44-16-18-46(19-17-44)55(34-30-42-12-8-9-13-43(42)31-35-55)48-22-26-51(27-23-48)58-38-52-39-59-52)60-37-49(56)36-57-50-24-20-47(21-25-50)54(45-14-4-3-5-15-45)32-28-40-10-6-7-11-41(40)29-33-54/h3-27,49,52,56H,28-39H2,1-2H3. The summed E-state index contributed by atoms with van der Waals surface area (Å²) >= 11 is 0. The molecule has 5 nitrogen and oxygen atoms in total. The second-order valence-corrected chi connectivity index (χ2v) is 17.7. The fourth-order valence-electron chi connectivity index (χ4n) is 9.89. The van der Waals surface area contributed by atoms with E-state index >= 15 is 0 Å². The lowest BCUT2D eigenvalue weighted by atomic mass is 9.69. The first-order chi connectivity index (χ1) is 29.3. The van der Waals surface area contributed by atoms with Crippen LogP contribution in [-0.2, 0) is 51.6 Å². The third-order valence-corrected chi connectivity index (χ3v) is 13.7. The molecule has 1 N–H and O–H groups in total. The van der Waals surface area contributed by atoms with E-state index in [9.17, 15) is 5.11 Å². The molecule has 2 aliphatic carbocycles. The van der Waals surface area contributed by atoms with Gasteiger partial charge in [-0.2, -0.15) is 0 Å². The van der Waals surface area contributed by atoms with E-state index in [0.717, 1.165) is 75.0 Å². The minimum Gasteiger partial charge on any atom is -0.491 e. The lowest BCUT2D eigenvalue weighted by Crippen LogP contribution is -2.31. The molecule has 0 amide bonds. The maximum atomic E-state index is 11.1. The molecule has 308 valence electrons. The highest BCUT2D eigenvalue weighted by Crippen LogP contribution is 2.46. The highest BCUT2D eigenvalue weighted by atomic mass is 16.6. The smallest absolute Gasteiger partial charge is 0.119 e. The zero-order chi connectivity index (χ0) is 41.0. The predicted octanol–water partition coefficient (Wildman–Crippen LogP) is 10.9. The van der Waals surface area contributed by atoms with E-state index in [0.29, 0.717) is 6.61 Å². The molecule has 60 heavy (non-hydrogen) atoms. The molecule has 2 unspecified atom stereocenters. The molecule has 0 spiro atoms. The maximum absolute atomic E-state index is 11.1. The number of hydrogen-bond acceptors (Lipinski definition) is 5. The van der Waals surface area contributed by atoms with Crippen molar-refractivity contribution in [1.82, 2.24) is 0 Å². The molecule has 9 rings (SSSR count). The number of epoxide rings is 1. The van der Waals surface area contributed by atoms with E-state index in [-0.39, 0.29) is 30.1 Å². The Bertz CT molecular complexity index is 2270. The summed E-state index contributed by atoms with van der Waals surface area (Å²) in [5.74, 6) is 1.63. The summed E-state index contributed by atoms with van der Waals surface area (Å²) in [4.78, 5) is 0. The van der Waals surface area contributed by atoms with Crippen molar-refractivity contribution in [3.8, 4) is 11.5 Å². The zero-order valence-corrected chi connectivity index (χ0v) is 35.2. The Balaban J connectivity index is 0.844. The molecule has 6 aromatic carbocycles. The van der Waals surface area contributed by atoms with Gasteiger partial charge in [0.2, 0.25) is 0 Å². The molecular weight excluding hydrogens is 741 g/mol. The number of ether oxygens (including phenoxy) is 4. The Morgan fingerprint density at radius 3 is 1.38 bits per heavy atom. The van der Waals surface area contributed by atoms with Gasteiger partial charge in [-0.25, -0.2) is 0 Å². The van der Waals surface area contributed by atoms with Gasteiger partial charge in [-0.05, 0) is 140 Å². The highest BCUT2D eigenvalue weighted by Gasteiger charge is 2.38. The summed E-state index contributed by atoms with van der Waals surface area (Å²) in [5.41, 5.74) is 11.4. The van der Waals surface area contributed by atoms with Crippen LogP contribution in [-0.4, -0.2) is 43.7 Å². The fraction of sp³-hybridized carbons (Fsp3) is 0.345. The Labute approximate surface area is 356 Å². The van der Waals surface area contributed by atoms with Gasteiger partial charge in [-0.15, -0.1) is 0 Å². The number of benzene rings is 6. The van der Waals surface area contributed by atoms with Crippen molar-refractivity contribution in [2.45, 2.75) is 93.9 Å². The van der Waals surface area contributed by atoms with Crippen LogP contribution in [0.15, 0.2) is 152 Å². The van der Waals surface area contributed by atoms with Crippen LogP contribution in [0.4, 0.5) is 0 Å². The third kappa shape index (κ3) is 8.67. The van der Waals surface area contributed by atoms with Crippen LogP contribution in [0, 0.1) is 0 Å². The van der Waals surface area contributed by atoms with Gasteiger partial charge in [0.25, 0.3) is 0 Å². The van der Waals surface area contributed by atoms with Crippen LogP contribution in [0.1, 0.15) is 89.6 Å². The molecule has 1 saturated heterocycles. The largest absolute Gasteiger partial charge is 0.491 e. The number of fused-ring (bicyclic) bond motifs is 2. The summed E-state index contributed by atoms with van der Waals surface area (Å²) in [6, 6.07) is 55.1. The third-order valence-electron chi connectivity index (χ3n) is 13.7. The molecule has 2 atom stereocenters. The van der Waals surface area contributed by atoms with Gasteiger partial charge in [0.05, 0.1) is 18.8 Å². The zero-order valence-electron chi connectivity index (χ0n) is 35.2. The second-order valence-electron chi connectivity index (χ2n) is 17.7. The molecule has 1 fully saturated rings. The van der Waals surface area contributed by atoms with E-state index < -0.39 is 11.7 Å². The normalized spacial score (nSPS) is 18.6.